The van der Waals surface area contributed by atoms with Gasteiger partial charge in [-0.3, -0.25) is 10.1 Å². The van der Waals surface area contributed by atoms with Crippen molar-refractivity contribution in [1.29, 1.82) is 0 Å². The first-order valence-corrected chi connectivity index (χ1v) is 10.1. The Morgan fingerprint density at radius 2 is 1.70 bits per heavy atom. The Hall–Kier alpha value is -2.92. The third kappa shape index (κ3) is 4.46. The van der Waals surface area contributed by atoms with E-state index in [4.69, 9.17) is 4.74 Å². The van der Waals surface area contributed by atoms with Gasteiger partial charge in [-0.1, -0.05) is 30.3 Å². The first kappa shape index (κ1) is 21.8. The highest BCUT2D eigenvalue weighted by molar-refractivity contribution is 7.87. The largest absolute Gasteiger partial charge is 0.534 e. The molecule has 0 bridgehead atoms. The van der Waals surface area contributed by atoms with Crippen LogP contribution in [0.5, 0.6) is 0 Å². The molecule has 1 fully saturated rings. The summed E-state index contributed by atoms with van der Waals surface area (Å²) in [6, 6.07) is 14.1. The van der Waals surface area contributed by atoms with Crippen molar-refractivity contribution in [3.63, 3.8) is 0 Å². The highest BCUT2D eigenvalue weighted by Crippen LogP contribution is 2.47. The summed E-state index contributed by atoms with van der Waals surface area (Å²) >= 11 is 0. The van der Waals surface area contributed by atoms with Gasteiger partial charge in [-0.25, -0.2) is 0 Å². The average molecular weight is 443 g/mol. The van der Waals surface area contributed by atoms with Gasteiger partial charge in [0.05, 0.1) is 11.0 Å². The second kappa shape index (κ2) is 8.07. The molecule has 0 spiro atoms. The molecule has 1 saturated heterocycles. The van der Waals surface area contributed by atoms with Crippen molar-refractivity contribution in [2.24, 2.45) is 0 Å². The van der Waals surface area contributed by atoms with E-state index in [9.17, 15) is 31.7 Å². The zero-order valence-corrected chi connectivity index (χ0v) is 16.3. The highest BCUT2D eigenvalue weighted by atomic mass is 32.2. The van der Waals surface area contributed by atoms with Crippen LogP contribution < -0.4 is 0 Å². The van der Waals surface area contributed by atoms with Crippen LogP contribution in [0, 0.1) is 10.1 Å². The summed E-state index contributed by atoms with van der Waals surface area (Å²) < 4.78 is 71.4. The van der Waals surface area contributed by atoms with E-state index in [0.29, 0.717) is 5.56 Å². The van der Waals surface area contributed by atoms with Crippen molar-refractivity contribution in [2.75, 3.05) is 0 Å². The van der Waals surface area contributed by atoms with E-state index in [0.717, 1.165) is 12.5 Å². The van der Waals surface area contributed by atoms with Gasteiger partial charge in [0.15, 0.2) is 0 Å². The van der Waals surface area contributed by atoms with Crippen LogP contribution in [0.2, 0.25) is 0 Å². The summed E-state index contributed by atoms with van der Waals surface area (Å²) in [4.78, 5) is 10.3. The third-order valence-electron chi connectivity index (χ3n) is 4.57. The van der Waals surface area contributed by atoms with E-state index in [-0.39, 0.29) is 17.7 Å². The topological polar surface area (TPSA) is 95.7 Å². The Morgan fingerprint density at radius 3 is 2.23 bits per heavy atom. The summed E-state index contributed by atoms with van der Waals surface area (Å²) in [7, 11) is -5.84. The van der Waals surface area contributed by atoms with Gasteiger partial charge in [-0.15, -0.1) is 0 Å². The SMILES string of the molecule is CC(OS(=O)(=O)C(F)(F)F)=C1C[C@@H](c2ccccc2)O[C@H]1c1ccc([N+](=O)[O-])cc1. The summed E-state index contributed by atoms with van der Waals surface area (Å²) in [5.41, 5.74) is -4.39. The van der Waals surface area contributed by atoms with Crippen LogP contribution in [-0.2, 0) is 19.0 Å². The minimum absolute atomic E-state index is 0.0882. The fourth-order valence-corrected chi connectivity index (χ4v) is 3.64. The number of allylic oxidation sites excluding steroid dienone is 1. The molecule has 0 saturated carbocycles. The lowest BCUT2D eigenvalue weighted by atomic mass is 9.97. The number of rotatable bonds is 5. The number of alkyl halides is 3. The normalized spacial score (nSPS) is 21.3. The molecule has 0 amide bonds. The maximum Gasteiger partial charge on any atom is 0.534 e. The molecule has 11 heteroatoms. The van der Waals surface area contributed by atoms with Crippen LogP contribution in [0.3, 0.4) is 0 Å². The molecule has 3 rings (SSSR count). The Kier molecular flexibility index (Phi) is 5.86. The number of hydrogen-bond donors (Lipinski definition) is 0. The molecule has 0 N–H and O–H groups in total. The van der Waals surface area contributed by atoms with Gasteiger partial charge in [-0.2, -0.15) is 21.6 Å². The van der Waals surface area contributed by atoms with Crippen LogP contribution in [0.15, 0.2) is 65.9 Å². The summed E-state index contributed by atoms with van der Waals surface area (Å²) in [6.07, 6.45) is -1.40. The van der Waals surface area contributed by atoms with Crippen molar-refractivity contribution in [2.45, 2.75) is 31.1 Å². The molecular formula is C19H16F3NO6S. The quantitative estimate of drug-likeness (QED) is 0.214. The molecule has 1 heterocycles. The van der Waals surface area contributed by atoms with Gasteiger partial charge >= 0.3 is 15.6 Å². The van der Waals surface area contributed by atoms with E-state index in [1.54, 1.807) is 30.3 Å². The zero-order valence-electron chi connectivity index (χ0n) is 15.5. The molecule has 0 aliphatic carbocycles. The summed E-state index contributed by atoms with van der Waals surface area (Å²) in [6.45, 7) is 1.12. The molecule has 30 heavy (non-hydrogen) atoms. The van der Waals surface area contributed by atoms with Crippen molar-refractivity contribution in [3.05, 3.63) is 87.2 Å². The van der Waals surface area contributed by atoms with E-state index < -0.39 is 38.5 Å². The third-order valence-corrected chi connectivity index (χ3v) is 5.61. The maximum atomic E-state index is 12.7. The lowest BCUT2D eigenvalue weighted by Gasteiger charge is -2.16. The Morgan fingerprint density at radius 1 is 1.10 bits per heavy atom. The van der Waals surface area contributed by atoms with Crippen LogP contribution in [0.25, 0.3) is 0 Å². The number of nitro benzene ring substituents is 1. The van der Waals surface area contributed by atoms with Crippen LogP contribution >= 0.6 is 0 Å². The summed E-state index contributed by atoms with van der Waals surface area (Å²) in [5, 5.41) is 10.9. The van der Waals surface area contributed by atoms with E-state index in [1.807, 2.05) is 0 Å². The van der Waals surface area contributed by atoms with Crippen LogP contribution in [0.1, 0.15) is 36.7 Å². The van der Waals surface area contributed by atoms with Crippen molar-refractivity contribution < 1.29 is 35.4 Å². The second-order valence-corrected chi connectivity index (χ2v) is 8.07. The lowest BCUT2D eigenvalue weighted by molar-refractivity contribution is -0.384. The molecule has 7 nitrogen and oxygen atoms in total. The average Bonchev–Trinajstić information content (AvgIpc) is 3.13. The highest BCUT2D eigenvalue weighted by Gasteiger charge is 2.49. The number of ether oxygens (including phenoxy) is 1. The smallest absolute Gasteiger partial charge is 0.381 e. The number of non-ortho nitro benzene ring substituents is 1. The second-order valence-electron chi connectivity index (χ2n) is 6.53. The van der Waals surface area contributed by atoms with Crippen molar-refractivity contribution in [1.82, 2.24) is 0 Å². The molecule has 1 aliphatic rings. The number of nitro groups is 1. The molecule has 0 aromatic heterocycles. The Labute approximate surface area is 170 Å². The van der Waals surface area contributed by atoms with Gasteiger partial charge in [0, 0.05) is 24.1 Å². The van der Waals surface area contributed by atoms with Crippen LogP contribution in [0.4, 0.5) is 18.9 Å². The lowest BCUT2D eigenvalue weighted by Crippen LogP contribution is -2.25. The molecule has 0 radical (unpaired) electrons. The molecule has 160 valence electrons. The van der Waals surface area contributed by atoms with Gasteiger partial charge in [0.1, 0.15) is 11.9 Å². The predicted octanol–water partition coefficient (Wildman–Crippen LogP) is 4.94. The molecule has 2 atom stereocenters. The van der Waals surface area contributed by atoms with Gasteiger partial charge in [0.2, 0.25) is 0 Å². The minimum atomic E-state index is -5.84. The van der Waals surface area contributed by atoms with Gasteiger partial charge in [0.25, 0.3) is 5.69 Å². The molecule has 1 aliphatic heterocycles. The van der Waals surface area contributed by atoms with E-state index >= 15 is 0 Å². The van der Waals surface area contributed by atoms with Crippen molar-refractivity contribution in [3.8, 4) is 0 Å². The number of benzene rings is 2. The first-order chi connectivity index (χ1) is 14.0. The van der Waals surface area contributed by atoms with Gasteiger partial charge < -0.3 is 8.92 Å². The maximum absolute atomic E-state index is 12.7. The number of hydrogen-bond acceptors (Lipinski definition) is 6. The molecule has 0 unspecified atom stereocenters. The number of halogens is 3. The predicted molar refractivity (Wildman–Crippen MR) is 99.5 cm³/mol. The Balaban J connectivity index is 2.01. The Bertz CT molecular complexity index is 1070. The molecular weight excluding hydrogens is 427 g/mol. The molecule has 2 aromatic rings. The van der Waals surface area contributed by atoms with E-state index in [2.05, 4.69) is 4.18 Å². The molecule has 2 aromatic carbocycles. The fourth-order valence-electron chi connectivity index (χ4n) is 3.11. The number of nitrogens with zero attached hydrogens (tertiary/aromatic N) is 1. The summed E-state index contributed by atoms with van der Waals surface area (Å²) in [5.74, 6) is -0.450. The minimum Gasteiger partial charge on any atom is -0.381 e. The van der Waals surface area contributed by atoms with E-state index in [1.165, 1.54) is 24.3 Å². The van der Waals surface area contributed by atoms with Crippen LogP contribution in [-0.4, -0.2) is 18.8 Å². The van der Waals surface area contributed by atoms with Crippen molar-refractivity contribution >= 4 is 15.8 Å². The van der Waals surface area contributed by atoms with Gasteiger partial charge in [-0.05, 0) is 30.2 Å². The standard InChI is InChI=1S/C19H16F3NO6S/c1-12(29-30(26,27)19(20,21)22)16-11-17(13-5-3-2-4-6-13)28-18(16)14-7-9-15(10-8-14)23(24)25/h2-10,17-18H,11H2,1H3/t17-,18-/m0/s1. The monoisotopic (exact) mass is 443 g/mol. The first-order valence-electron chi connectivity index (χ1n) is 8.65. The fraction of sp³-hybridized carbons (Fsp3) is 0.263. The zero-order chi connectivity index (χ0) is 22.1.